The van der Waals surface area contributed by atoms with Gasteiger partial charge in [0.1, 0.15) is 0 Å². The van der Waals surface area contributed by atoms with Crippen molar-refractivity contribution in [2.75, 3.05) is 14.1 Å². The summed E-state index contributed by atoms with van der Waals surface area (Å²) in [6, 6.07) is 9.61. The largest absolute Gasteiger partial charge is 0.388 e. The maximum Gasteiger partial charge on any atom is 0.0878 e. The molecule has 1 N–H and O–H groups in total. The molecule has 0 saturated carbocycles. The van der Waals surface area contributed by atoms with E-state index in [-0.39, 0.29) is 5.92 Å². The Kier molecular flexibility index (Phi) is 4.24. The highest BCUT2D eigenvalue weighted by atomic mass is 32.1. The highest BCUT2D eigenvalue weighted by Gasteiger charge is 2.21. The molecule has 3 heteroatoms. The fourth-order valence-corrected chi connectivity index (χ4v) is 1.61. The van der Waals surface area contributed by atoms with Gasteiger partial charge in [-0.3, -0.25) is 0 Å². The van der Waals surface area contributed by atoms with Gasteiger partial charge in [-0.2, -0.15) is 0 Å². The molecule has 0 spiro atoms. The zero-order valence-electron chi connectivity index (χ0n) is 9.34. The van der Waals surface area contributed by atoms with Crippen LogP contribution >= 0.6 is 12.2 Å². The monoisotopic (exact) mass is 223 g/mol. The normalized spacial score (nSPS) is 14.4. The SMILES string of the molecule is C[C@H](C(=S)N(C)C)[C@@H](O)c1ccccc1. The first-order chi connectivity index (χ1) is 7.04. The summed E-state index contributed by atoms with van der Waals surface area (Å²) in [7, 11) is 3.80. The van der Waals surface area contributed by atoms with Crippen molar-refractivity contribution < 1.29 is 5.11 Å². The summed E-state index contributed by atoms with van der Waals surface area (Å²) in [5, 5.41) is 10.1. The van der Waals surface area contributed by atoms with Gasteiger partial charge in [0.25, 0.3) is 0 Å². The first kappa shape index (κ1) is 12.1. The fourth-order valence-electron chi connectivity index (χ4n) is 1.48. The lowest BCUT2D eigenvalue weighted by molar-refractivity contribution is 0.144. The molecule has 0 saturated heterocycles. The molecule has 1 rings (SSSR count). The molecule has 15 heavy (non-hydrogen) atoms. The Morgan fingerprint density at radius 1 is 1.27 bits per heavy atom. The van der Waals surface area contributed by atoms with Crippen molar-refractivity contribution in [2.45, 2.75) is 13.0 Å². The highest BCUT2D eigenvalue weighted by molar-refractivity contribution is 7.80. The van der Waals surface area contributed by atoms with Gasteiger partial charge in [0.05, 0.1) is 11.1 Å². The lowest BCUT2D eigenvalue weighted by Crippen LogP contribution is -2.29. The second kappa shape index (κ2) is 5.24. The van der Waals surface area contributed by atoms with E-state index in [4.69, 9.17) is 12.2 Å². The number of hydrogen-bond acceptors (Lipinski definition) is 2. The zero-order chi connectivity index (χ0) is 11.4. The molecule has 0 amide bonds. The Balaban J connectivity index is 2.77. The van der Waals surface area contributed by atoms with Gasteiger partial charge >= 0.3 is 0 Å². The molecule has 0 fully saturated rings. The van der Waals surface area contributed by atoms with Gasteiger partial charge in [0.2, 0.25) is 0 Å². The number of aliphatic hydroxyl groups excluding tert-OH is 1. The van der Waals surface area contributed by atoms with Crippen molar-refractivity contribution in [1.82, 2.24) is 4.90 Å². The Morgan fingerprint density at radius 3 is 2.27 bits per heavy atom. The van der Waals surface area contributed by atoms with E-state index in [1.54, 1.807) is 0 Å². The summed E-state index contributed by atoms with van der Waals surface area (Å²) in [6.45, 7) is 1.94. The molecule has 0 aliphatic rings. The lowest BCUT2D eigenvalue weighted by Gasteiger charge is -2.24. The van der Waals surface area contributed by atoms with Gasteiger partial charge in [-0.1, -0.05) is 49.5 Å². The van der Waals surface area contributed by atoms with Crippen LogP contribution in [0.4, 0.5) is 0 Å². The summed E-state index contributed by atoms with van der Waals surface area (Å²) in [4.78, 5) is 2.64. The smallest absolute Gasteiger partial charge is 0.0878 e. The predicted molar refractivity (Wildman–Crippen MR) is 66.9 cm³/mol. The maximum atomic E-state index is 10.1. The van der Waals surface area contributed by atoms with Gasteiger partial charge in [-0.25, -0.2) is 0 Å². The summed E-state index contributed by atoms with van der Waals surface area (Å²) >= 11 is 5.24. The van der Waals surface area contributed by atoms with Crippen molar-refractivity contribution in [2.24, 2.45) is 5.92 Å². The van der Waals surface area contributed by atoms with Crippen LogP contribution in [0.25, 0.3) is 0 Å². The van der Waals surface area contributed by atoms with Crippen molar-refractivity contribution in [3.63, 3.8) is 0 Å². The fraction of sp³-hybridized carbons (Fsp3) is 0.417. The lowest BCUT2D eigenvalue weighted by atomic mass is 9.97. The molecule has 0 aliphatic heterocycles. The first-order valence-corrected chi connectivity index (χ1v) is 5.39. The third kappa shape index (κ3) is 3.01. The molecule has 0 heterocycles. The van der Waals surface area contributed by atoms with E-state index in [0.717, 1.165) is 10.6 Å². The molecule has 2 nitrogen and oxygen atoms in total. The van der Waals surface area contributed by atoms with E-state index in [1.165, 1.54) is 0 Å². The predicted octanol–water partition coefficient (Wildman–Crippen LogP) is 2.25. The van der Waals surface area contributed by atoms with E-state index in [1.807, 2.05) is 56.3 Å². The summed E-state index contributed by atoms with van der Waals surface area (Å²) in [5.41, 5.74) is 0.911. The summed E-state index contributed by atoms with van der Waals surface area (Å²) < 4.78 is 0. The minimum Gasteiger partial charge on any atom is -0.388 e. The topological polar surface area (TPSA) is 23.5 Å². The average Bonchev–Trinajstić information content (AvgIpc) is 2.27. The molecule has 0 bridgehead atoms. The van der Waals surface area contributed by atoms with E-state index < -0.39 is 6.10 Å². The number of hydrogen-bond donors (Lipinski definition) is 1. The molecule has 0 unspecified atom stereocenters. The van der Waals surface area contributed by atoms with Gasteiger partial charge in [0.15, 0.2) is 0 Å². The minimum absolute atomic E-state index is 0.0441. The number of aliphatic hydroxyl groups is 1. The minimum atomic E-state index is -0.527. The van der Waals surface area contributed by atoms with Gasteiger partial charge in [0, 0.05) is 20.0 Å². The third-order valence-corrected chi connectivity index (χ3v) is 3.18. The van der Waals surface area contributed by atoms with Crippen LogP contribution in [0, 0.1) is 5.92 Å². The van der Waals surface area contributed by atoms with E-state index in [2.05, 4.69) is 0 Å². The Labute approximate surface area is 96.5 Å². The number of thiocarbonyl (C=S) groups is 1. The zero-order valence-corrected chi connectivity index (χ0v) is 10.2. The van der Waals surface area contributed by atoms with E-state index in [9.17, 15) is 5.11 Å². The maximum absolute atomic E-state index is 10.1. The highest BCUT2D eigenvalue weighted by Crippen LogP contribution is 2.23. The Morgan fingerprint density at radius 2 is 1.80 bits per heavy atom. The third-order valence-electron chi connectivity index (χ3n) is 2.45. The van der Waals surface area contributed by atoms with Crippen LogP contribution in [0.15, 0.2) is 30.3 Å². The molecule has 82 valence electrons. The van der Waals surface area contributed by atoms with Crippen molar-refractivity contribution in [3.05, 3.63) is 35.9 Å². The average molecular weight is 223 g/mol. The van der Waals surface area contributed by atoms with Crippen LogP contribution in [0.2, 0.25) is 0 Å². The number of nitrogens with zero attached hydrogens (tertiary/aromatic N) is 1. The Bertz CT molecular complexity index is 324. The molecule has 0 aliphatic carbocycles. The van der Waals surface area contributed by atoms with Crippen LogP contribution in [0.1, 0.15) is 18.6 Å². The molecule has 0 radical (unpaired) electrons. The first-order valence-electron chi connectivity index (χ1n) is 4.98. The van der Waals surface area contributed by atoms with Crippen molar-refractivity contribution >= 4 is 17.2 Å². The standard InChI is InChI=1S/C12H17NOS/c1-9(12(15)13(2)3)11(14)10-7-5-4-6-8-10/h4-9,11,14H,1-3H3/t9-,11+/m0/s1. The quantitative estimate of drug-likeness (QED) is 0.795. The number of benzene rings is 1. The van der Waals surface area contributed by atoms with Crippen LogP contribution in [-0.4, -0.2) is 29.1 Å². The van der Waals surface area contributed by atoms with Crippen LogP contribution in [0.3, 0.4) is 0 Å². The summed E-state index contributed by atoms with van der Waals surface area (Å²) in [6.07, 6.45) is -0.527. The second-order valence-corrected chi connectivity index (χ2v) is 4.30. The molecule has 1 aromatic carbocycles. The number of rotatable bonds is 3. The van der Waals surface area contributed by atoms with Crippen molar-refractivity contribution in [1.29, 1.82) is 0 Å². The molecule has 1 aromatic rings. The molecule has 0 aromatic heterocycles. The van der Waals surface area contributed by atoms with Crippen LogP contribution in [-0.2, 0) is 0 Å². The second-order valence-electron chi connectivity index (χ2n) is 3.88. The van der Waals surface area contributed by atoms with E-state index in [0.29, 0.717) is 0 Å². The van der Waals surface area contributed by atoms with Gasteiger partial charge < -0.3 is 10.0 Å². The van der Waals surface area contributed by atoms with E-state index >= 15 is 0 Å². The van der Waals surface area contributed by atoms with Gasteiger partial charge in [-0.05, 0) is 5.56 Å². The van der Waals surface area contributed by atoms with Crippen LogP contribution in [0.5, 0.6) is 0 Å². The Hall–Kier alpha value is -0.930. The van der Waals surface area contributed by atoms with Crippen LogP contribution < -0.4 is 0 Å². The molecule has 2 atom stereocenters. The summed E-state index contributed by atoms with van der Waals surface area (Å²) in [5.74, 6) is -0.0441. The van der Waals surface area contributed by atoms with Gasteiger partial charge in [-0.15, -0.1) is 0 Å². The molecular formula is C12H17NOS. The van der Waals surface area contributed by atoms with Crippen molar-refractivity contribution in [3.8, 4) is 0 Å². The molecular weight excluding hydrogens is 206 g/mol.